The van der Waals surface area contributed by atoms with Crippen molar-refractivity contribution in [2.75, 3.05) is 7.05 Å². The number of carbonyl (C=O) groups is 2. The van der Waals surface area contributed by atoms with Gasteiger partial charge in [-0.15, -0.1) is 11.3 Å². The Kier molecular flexibility index (Phi) is 3.32. The minimum Gasteiger partial charge on any atom is -0.480 e. The summed E-state index contributed by atoms with van der Waals surface area (Å²) in [5.74, 6) is -1.41. The van der Waals surface area contributed by atoms with Gasteiger partial charge in [-0.2, -0.15) is 0 Å². The summed E-state index contributed by atoms with van der Waals surface area (Å²) in [7, 11) is 1.47. The van der Waals surface area contributed by atoms with Gasteiger partial charge in [-0.25, -0.2) is 9.78 Å². The molecule has 1 N–H and O–H groups in total. The third-order valence-corrected chi connectivity index (χ3v) is 3.37. The van der Waals surface area contributed by atoms with E-state index in [2.05, 4.69) is 4.98 Å². The molecule has 0 atom stereocenters. The van der Waals surface area contributed by atoms with Crippen LogP contribution in [0.2, 0.25) is 0 Å². The molecule has 0 bridgehead atoms. The van der Waals surface area contributed by atoms with Gasteiger partial charge >= 0.3 is 5.97 Å². The number of hydrogen-bond acceptors (Lipinski definition) is 4. The maximum absolute atomic E-state index is 12.0. The molecule has 0 unspecified atom stereocenters. The van der Waals surface area contributed by atoms with Gasteiger partial charge in [0.1, 0.15) is 11.2 Å². The maximum atomic E-state index is 12.0. The van der Waals surface area contributed by atoms with E-state index in [0.717, 1.165) is 4.88 Å². The van der Waals surface area contributed by atoms with Gasteiger partial charge < -0.3 is 10.0 Å². The molecule has 0 radical (unpaired) electrons. The molecule has 0 spiro atoms. The summed E-state index contributed by atoms with van der Waals surface area (Å²) < 4.78 is 0. The van der Waals surface area contributed by atoms with E-state index in [9.17, 15) is 9.59 Å². The fraction of sp³-hybridized carbons (Fsp3) is 0.500. The van der Waals surface area contributed by atoms with E-state index in [1.807, 2.05) is 0 Å². The number of carboxylic acids is 1. The van der Waals surface area contributed by atoms with Gasteiger partial charge in [0.15, 0.2) is 0 Å². The Morgan fingerprint density at radius 3 is 2.44 bits per heavy atom. The van der Waals surface area contributed by atoms with E-state index >= 15 is 0 Å². The molecule has 0 saturated heterocycles. The molecule has 6 heteroatoms. The summed E-state index contributed by atoms with van der Waals surface area (Å²) in [5, 5.41) is 9.02. The van der Waals surface area contributed by atoms with Crippen LogP contribution in [0.25, 0.3) is 0 Å². The van der Waals surface area contributed by atoms with Crippen LogP contribution in [0, 0.1) is 6.92 Å². The van der Waals surface area contributed by atoms with E-state index in [-0.39, 0.29) is 5.91 Å². The second kappa shape index (κ2) is 4.21. The van der Waals surface area contributed by atoms with Gasteiger partial charge in [0.25, 0.3) is 5.91 Å². The second-order valence-electron chi connectivity index (χ2n) is 3.99. The highest BCUT2D eigenvalue weighted by Crippen LogP contribution is 2.19. The van der Waals surface area contributed by atoms with Crippen molar-refractivity contribution in [2.45, 2.75) is 26.3 Å². The molecular formula is C10H14N2O3S. The van der Waals surface area contributed by atoms with E-state index in [1.165, 1.54) is 37.1 Å². The Balaban J connectivity index is 3.00. The first-order chi connectivity index (χ1) is 7.28. The Labute approximate surface area is 97.7 Å². The van der Waals surface area contributed by atoms with Crippen molar-refractivity contribution in [3.05, 3.63) is 16.1 Å². The number of carbonyl (C=O) groups excluding carboxylic acids is 1. The number of thiazole rings is 1. The molecule has 5 nitrogen and oxygen atoms in total. The molecular weight excluding hydrogens is 228 g/mol. The van der Waals surface area contributed by atoms with Crippen LogP contribution >= 0.6 is 11.3 Å². The van der Waals surface area contributed by atoms with Gasteiger partial charge in [0.2, 0.25) is 0 Å². The lowest BCUT2D eigenvalue weighted by Crippen LogP contribution is -2.51. The SMILES string of the molecule is Cc1scnc1C(=O)N(C)C(C)(C)C(=O)O. The van der Waals surface area contributed by atoms with Crippen molar-refractivity contribution in [2.24, 2.45) is 0 Å². The molecule has 1 amide bonds. The zero-order chi connectivity index (χ0) is 12.5. The molecule has 1 aromatic rings. The van der Waals surface area contributed by atoms with E-state index in [1.54, 1.807) is 12.4 Å². The van der Waals surface area contributed by atoms with Gasteiger partial charge in [-0.3, -0.25) is 4.79 Å². The first-order valence-electron chi connectivity index (χ1n) is 4.70. The molecule has 0 aliphatic heterocycles. The number of aromatic nitrogens is 1. The smallest absolute Gasteiger partial charge is 0.329 e. The number of aliphatic carboxylic acids is 1. The number of amides is 1. The zero-order valence-electron chi connectivity index (χ0n) is 9.64. The molecule has 1 aromatic heterocycles. The van der Waals surface area contributed by atoms with Gasteiger partial charge in [0.05, 0.1) is 5.51 Å². The monoisotopic (exact) mass is 242 g/mol. The molecule has 0 aliphatic carbocycles. The van der Waals surface area contributed by atoms with Crippen LogP contribution in [0.3, 0.4) is 0 Å². The first-order valence-corrected chi connectivity index (χ1v) is 5.58. The summed E-state index contributed by atoms with van der Waals surface area (Å²) in [6, 6.07) is 0. The van der Waals surface area contributed by atoms with Crippen molar-refractivity contribution < 1.29 is 14.7 Å². The predicted molar refractivity (Wildman–Crippen MR) is 60.7 cm³/mol. The van der Waals surface area contributed by atoms with Crippen molar-refractivity contribution in [1.82, 2.24) is 9.88 Å². The highest BCUT2D eigenvalue weighted by Gasteiger charge is 2.36. The standard InChI is InChI=1S/C10H14N2O3S/c1-6-7(11-5-16-6)8(13)12(4)10(2,3)9(14)15/h5H,1-4H3,(H,14,15). The summed E-state index contributed by atoms with van der Waals surface area (Å²) >= 11 is 1.36. The van der Waals surface area contributed by atoms with Crippen LogP contribution in [0.5, 0.6) is 0 Å². The number of likely N-dealkylation sites (N-methyl/N-ethyl adjacent to an activating group) is 1. The van der Waals surface area contributed by atoms with E-state index < -0.39 is 11.5 Å². The Morgan fingerprint density at radius 1 is 1.50 bits per heavy atom. The van der Waals surface area contributed by atoms with Gasteiger partial charge in [-0.1, -0.05) is 0 Å². The van der Waals surface area contributed by atoms with Crippen molar-refractivity contribution in [3.8, 4) is 0 Å². The summed E-state index contributed by atoms with van der Waals surface area (Å²) in [6.45, 7) is 4.75. The molecule has 0 saturated carbocycles. The van der Waals surface area contributed by atoms with Gasteiger partial charge in [0, 0.05) is 11.9 Å². The van der Waals surface area contributed by atoms with Crippen LogP contribution in [0.1, 0.15) is 29.2 Å². The molecule has 1 heterocycles. The van der Waals surface area contributed by atoms with Crippen molar-refractivity contribution >= 4 is 23.2 Å². The lowest BCUT2D eigenvalue weighted by atomic mass is 10.0. The quantitative estimate of drug-likeness (QED) is 0.869. The van der Waals surface area contributed by atoms with Crippen LogP contribution in [-0.4, -0.2) is 39.5 Å². The molecule has 0 fully saturated rings. The lowest BCUT2D eigenvalue weighted by Gasteiger charge is -2.31. The van der Waals surface area contributed by atoms with Crippen molar-refractivity contribution in [3.63, 3.8) is 0 Å². The second-order valence-corrected chi connectivity index (χ2v) is 5.04. The minimum absolute atomic E-state index is 0.321. The fourth-order valence-corrected chi connectivity index (χ4v) is 1.63. The number of carboxylic acid groups (broad SMARTS) is 1. The average Bonchev–Trinajstić information content (AvgIpc) is 2.61. The van der Waals surface area contributed by atoms with Crippen LogP contribution < -0.4 is 0 Å². The third-order valence-electron chi connectivity index (χ3n) is 2.61. The average molecular weight is 242 g/mol. The minimum atomic E-state index is -1.24. The number of aryl methyl sites for hydroxylation is 1. The predicted octanol–water partition coefficient (Wildman–Crippen LogP) is 1.39. The Morgan fingerprint density at radius 2 is 2.06 bits per heavy atom. The van der Waals surface area contributed by atoms with Crippen molar-refractivity contribution in [1.29, 1.82) is 0 Å². The molecule has 16 heavy (non-hydrogen) atoms. The maximum Gasteiger partial charge on any atom is 0.329 e. The summed E-state index contributed by atoms with van der Waals surface area (Å²) in [6.07, 6.45) is 0. The van der Waals surface area contributed by atoms with E-state index in [4.69, 9.17) is 5.11 Å². The zero-order valence-corrected chi connectivity index (χ0v) is 10.5. The number of rotatable bonds is 3. The molecule has 88 valence electrons. The highest BCUT2D eigenvalue weighted by molar-refractivity contribution is 7.09. The molecule has 0 aliphatic rings. The topological polar surface area (TPSA) is 70.5 Å². The summed E-state index contributed by atoms with van der Waals surface area (Å²) in [4.78, 5) is 28.9. The number of nitrogens with zero attached hydrogens (tertiary/aromatic N) is 2. The first kappa shape index (κ1) is 12.6. The molecule has 1 rings (SSSR count). The lowest BCUT2D eigenvalue weighted by molar-refractivity contribution is -0.147. The largest absolute Gasteiger partial charge is 0.480 e. The molecule has 0 aromatic carbocycles. The van der Waals surface area contributed by atoms with Crippen LogP contribution in [0.4, 0.5) is 0 Å². The van der Waals surface area contributed by atoms with E-state index in [0.29, 0.717) is 5.69 Å². The highest BCUT2D eigenvalue weighted by atomic mass is 32.1. The Hall–Kier alpha value is -1.43. The number of hydrogen-bond donors (Lipinski definition) is 1. The van der Waals surface area contributed by atoms with Crippen LogP contribution in [-0.2, 0) is 4.79 Å². The normalized spacial score (nSPS) is 11.2. The Bertz CT molecular complexity index is 425. The van der Waals surface area contributed by atoms with Gasteiger partial charge in [-0.05, 0) is 20.8 Å². The summed E-state index contributed by atoms with van der Waals surface area (Å²) in [5.41, 5.74) is 0.652. The van der Waals surface area contributed by atoms with Crippen LogP contribution in [0.15, 0.2) is 5.51 Å². The fourth-order valence-electron chi connectivity index (χ4n) is 1.07. The third kappa shape index (κ3) is 2.06.